The van der Waals surface area contributed by atoms with Gasteiger partial charge in [-0.15, -0.1) is 0 Å². The molecule has 0 atom stereocenters. The van der Waals surface area contributed by atoms with Gasteiger partial charge in [0.15, 0.2) is 5.82 Å². The lowest BCUT2D eigenvalue weighted by Crippen LogP contribution is -2.22. The van der Waals surface area contributed by atoms with Crippen LogP contribution in [0.4, 0.5) is 5.82 Å². The molecular weight excluding hydrogens is 398 g/mol. The van der Waals surface area contributed by atoms with Gasteiger partial charge in [0, 0.05) is 12.0 Å². The van der Waals surface area contributed by atoms with E-state index in [2.05, 4.69) is 17.4 Å². The van der Waals surface area contributed by atoms with Crippen molar-refractivity contribution < 1.29 is 9.90 Å². The molecule has 2 N–H and O–H groups in total. The number of nitrogens with zero attached hydrogens (tertiary/aromatic N) is 2. The molecule has 2 fully saturated rings. The fraction of sp³-hybridized carbons (Fsp3) is 0.593. The lowest BCUT2D eigenvalue weighted by molar-refractivity contribution is -0.117. The van der Waals surface area contributed by atoms with Crippen LogP contribution in [0.2, 0.25) is 0 Å². The normalized spacial score (nSPS) is 18.9. The van der Waals surface area contributed by atoms with Crippen LogP contribution < -0.4 is 5.32 Å². The van der Waals surface area contributed by atoms with Crippen molar-refractivity contribution in [1.82, 2.24) is 9.97 Å². The van der Waals surface area contributed by atoms with Crippen molar-refractivity contribution in [2.75, 3.05) is 5.32 Å². The third-order valence-corrected chi connectivity index (χ3v) is 7.69. The highest BCUT2D eigenvalue weighted by atomic mass is 16.3. The Kier molecular flexibility index (Phi) is 6.54. The predicted octanol–water partition coefficient (Wildman–Crippen LogP) is 5.38. The lowest BCUT2D eigenvalue weighted by Gasteiger charge is -2.23. The van der Waals surface area contributed by atoms with E-state index in [1.807, 2.05) is 6.07 Å². The summed E-state index contributed by atoms with van der Waals surface area (Å²) in [4.78, 5) is 23.0. The summed E-state index contributed by atoms with van der Waals surface area (Å²) >= 11 is 0. The van der Waals surface area contributed by atoms with Gasteiger partial charge in [-0.05, 0) is 55.1 Å². The Hall–Kier alpha value is -2.27. The Bertz CT molecular complexity index is 975. The van der Waals surface area contributed by atoms with Gasteiger partial charge < -0.3 is 10.4 Å². The zero-order valence-corrected chi connectivity index (χ0v) is 19.0. The molecule has 1 aromatic carbocycles. The number of carbonyl (C=O) groups excluding carboxylic acids is 1. The van der Waals surface area contributed by atoms with E-state index in [-0.39, 0.29) is 12.5 Å². The first kappa shape index (κ1) is 21.6. The molecule has 0 spiro atoms. The number of carbonyl (C=O) groups is 1. The third-order valence-electron chi connectivity index (χ3n) is 7.69. The average Bonchev–Trinajstić information content (AvgIpc) is 3.33. The summed E-state index contributed by atoms with van der Waals surface area (Å²) in [6, 6.07) is 6.15. The van der Waals surface area contributed by atoms with Crippen molar-refractivity contribution in [2.45, 2.75) is 90.1 Å². The Morgan fingerprint density at radius 1 is 0.969 bits per heavy atom. The molecule has 5 heteroatoms. The second-order valence-electron chi connectivity index (χ2n) is 10.1. The van der Waals surface area contributed by atoms with Crippen LogP contribution in [0.25, 0.3) is 11.3 Å². The topological polar surface area (TPSA) is 75.1 Å². The third kappa shape index (κ3) is 4.73. The zero-order chi connectivity index (χ0) is 21.9. The molecule has 2 aromatic rings. The van der Waals surface area contributed by atoms with Gasteiger partial charge in [0.05, 0.1) is 23.7 Å². The highest BCUT2D eigenvalue weighted by Crippen LogP contribution is 2.36. The van der Waals surface area contributed by atoms with Gasteiger partial charge in [-0.3, -0.25) is 4.79 Å². The molecule has 3 aliphatic carbocycles. The van der Waals surface area contributed by atoms with E-state index in [0.29, 0.717) is 24.1 Å². The Morgan fingerprint density at radius 3 is 2.50 bits per heavy atom. The molecule has 5 nitrogen and oxygen atoms in total. The van der Waals surface area contributed by atoms with Crippen LogP contribution in [0.3, 0.4) is 0 Å². The average molecular weight is 434 g/mol. The summed E-state index contributed by atoms with van der Waals surface area (Å²) < 4.78 is 0. The largest absolute Gasteiger partial charge is 0.392 e. The number of anilines is 1. The van der Waals surface area contributed by atoms with Crippen molar-refractivity contribution in [3.05, 3.63) is 40.7 Å². The molecule has 0 bridgehead atoms. The number of nitrogens with one attached hydrogen (secondary N) is 1. The minimum Gasteiger partial charge on any atom is -0.392 e. The summed E-state index contributed by atoms with van der Waals surface area (Å²) in [7, 11) is 0. The van der Waals surface area contributed by atoms with Crippen LogP contribution in [-0.2, 0) is 30.7 Å². The molecule has 0 radical (unpaired) electrons. The smallest absolute Gasteiger partial charge is 0.225 e. The van der Waals surface area contributed by atoms with E-state index >= 15 is 0 Å². The van der Waals surface area contributed by atoms with E-state index in [0.717, 1.165) is 47.5 Å². The second-order valence-corrected chi connectivity index (χ2v) is 10.1. The number of aromatic nitrogens is 2. The highest BCUT2D eigenvalue weighted by Gasteiger charge is 2.26. The summed E-state index contributed by atoms with van der Waals surface area (Å²) in [5.41, 5.74) is 6.21. The summed E-state index contributed by atoms with van der Waals surface area (Å²) in [6.45, 7) is 0.0602. The predicted molar refractivity (Wildman–Crippen MR) is 126 cm³/mol. The van der Waals surface area contributed by atoms with Gasteiger partial charge in [-0.25, -0.2) is 9.97 Å². The second kappa shape index (κ2) is 9.70. The molecular formula is C27H35N3O2. The molecule has 1 aromatic heterocycles. The van der Waals surface area contributed by atoms with E-state index < -0.39 is 0 Å². The number of amides is 1. The summed E-state index contributed by atoms with van der Waals surface area (Å²) in [5, 5.41) is 12.7. The van der Waals surface area contributed by atoms with Crippen molar-refractivity contribution in [2.24, 2.45) is 11.8 Å². The van der Waals surface area contributed by atoms with Crippen LogP contribution >= 0.6 is 0 Å². The van der Waals surface area contributed by atoms with Crippen LogP contribution in [0.1, 0.15) is 86.7 Å². The number of aryl methyl sites for hydroxylation is 2. The van der Waals surface area contributed by atoms with E-state index in [9.17, 15) is 9.90 Å². The molecule has 1 amide bonds. The van der Waals surface area contributed by atoms with Crippen LogP contribution in [-0.4, -0.2) is 21.0 Å². The van der Waals surface area contributed by atoms with Gasteiger partial charge in [0.1, 0.15) is 0 Å². The van der Waals surface area contributed by atoms with Crippen molar-refractivity contribution in [3.63, 3.8) is 0 Å². The number of aliphatic hydroxyl groups excluding tert-OH is 1. The van der Waals surface area contributed by atoms with Gasteiger partial charge in [-0.1, -0.05) is 63.1 Å². The van der Waals surface area contributed by atoms with Gasteiger partial charge in [-0.2, -0.15) is 0 Å². The molecule has 2 saturated carbocycles. The summed E-state index contributed by atoms with van der Waals surface area (Å²) in [6.07, 6.45) is 14.4. The number of hydrogen-bond donors (Lipinski definition) is 2. The van der Waals surface area contributed by atoms with Gasteiger partial charge in [0.25, 0.3) is 0 Å². The molecule has 0 unspecified atom stereocenters. The molecule has 32 heavy (non-hydrogen) atoms. The zero-order valence-electron chi connectivity index (χ0n) is 19.0. The SMILES string of the molecule is O=C(CC1CCCCC1)Nc1nc2c(nc1CC1CCCC1)-c1ccc(CO)cc1CC2. The number of rotatable bonds is 6. The monoisotopic (exact) mass is 433 g/mol. The Morgan fingerprint density at radius 2 is 1.72 bits per heavy atom. The quantitative estimate of drug-likeness (QED) is 0.642. The van der Waals surface area contributed by atoms with E-state index in [1.54, 1.807) is 0 Å². The maximum absolute atomic E-state index is 12.9. The molecule has 1 heterocycles. The fourth-order valence-electron chi connectivity index (χ4n) is 5.90. The number of fused-ring (bicyclic) bond motifs is 3. The molecule has 3 aliphatic rings. The van der Waals surface area contributed by atoms with E-state index in [4.69, 9.17) is 9.97 Å². The molecule has 0 saturated heterocycles. The van der Waals surface area contributed by atoms with Crippen LogP contribution in [0, 0.1) is 11.8 Å². The number of benzene rings is 1. The number of hydrogen-bond acceptors (Lipinski definition) is 4. The minimum absolute atomic E-state index is 0.0602. The van der Waals surface area contributed by atoms with Gasteiger partial charge >= 0.3 is 0 Å². The van der Waals surface area contributed by atoms with Gasteiger partial charge in [0.2, 0.25) is 5.91 Å². The maximum atomic E-state index is 12.9. The van der Waals surface area contributed by atoms with Crippen molar-refractivity contribution in [1.29, 1.82) is 0 Å². The molecule has 0 aliphatic heterocycles. The lowest BCUT2D eigenvalue weighted by atomic mass is 9.87. The maximum Gasteiger partial charge on any atom is 0.225 e. The van der Waals surface area contributed by atoms with E-state index in [1.165, 1.54) is 63.4 Å². The molecule has 170 valence electrons. The van der Waals surface area contributed by atoms with Crippen molar-refractivity contribution in [3.8, 4) is 11.3 Å². The van der Waals surface area contributed by atoms with Crippen LogP contribution in [0.15, 0.2) is 18.2 Å². The Labute approximate surface area is 191 Å². The summed E-state index contributed by atoms with van der Waals surface area (Å²) in [5.74, 6) is 1.95. The number of aliphatic hydroxyl groups is 1. The first-order chi connectivity index (χ1) is 15.7. The highest BCUT2D eigenvalue weighted by molar-refractivity contribution is 5.90. The first-order valence-corrected chi connectivity index (χ1v) is 12.6. The van der Waals surface area contributed by atoms with Crippen molar-refractivity contribution >= 4 is 11.7 Å². The standard InChI is InChI=1S/C27H35N3O2/c31-17-20-10-12-22-21(14-20)11-13-23-26(22)28-24(15-18-8-4-5-9-18)27(29-23)30-25(32)16-19-6-2-1-3-7-19/h10,12,14,18-19,31H,1-9,11,13,15-17H2,(H,29,30,32). The Balaban J connectivity index is 1.43. The first-order valence-electron chi connectivity index (χ1n) is 12.6. The minimum atomic E-state index is 0.0602. The fourth-order valence-corrected chi connectivity index (χ4v) is 5.90. The molecule has 5 rings (SSSR count). The van der Waals surface area contributed by atoms with Crippen LogP contribution in [0.5, 0.6) is 0 Å².